The predicted octanol–water partition coefficient (Wildman–Crippen LogP) is 5.24. The first-order chi connectivity index (χ1) is 9.78. The first kappa shape index (κ1) is 16.7. The molecule has 0 aliphatic carbocycles. The zero-order chi connectivity index (χ0) is 15.6. The SMILES string of the molecule is O=S(=O)(Cc1c(Cl)cccc1Cl)Nc1cc(Cl)ccc1Cl. The molecule has 3 nitrogen and oxygen atoms in total. The van der Waals surface area contributed by atoms with E-state index < -0.39 is 10.0 Å². The summed E-state index contributed by atoms with van der Waals surface area (Å²) in [5.41, 5.74) is 0.527. The molecule has 0 bridgehead atoms. The largest absolute Gasteiger partial charge is 0.282 e. The lowest BCUT2D eigenvalue weighted by molar-refractivity contribution is 0.600. The molecule has 0 aromatic heterocycles. The van der Waals surface area contributed by atoms with E-state index in [9.17, 15) is 8.42 Å². The molecule has 0 aliphatic rings. The van der Waals surface area contributed by atoms with Crippen molar-refractivity contribution >= 4 is 62.1 Å². The molecule has 8 heteroatoms. The van der Waals surface area contributed by atoms with Crippen LogP contribution in [0.1, 0.15) is 5.56 Å². The Bertz CT molecular complexity index is 757. The van der Waals surface area contributed by atoms with Crippen LogP contribution in [-0.4, -0.2) is 8.42 Å². The molecule has 0 fully saturated rings. The van der Waals surface area contributed by atoms with Crippen LogP contribution in [0.2, 0.25) is 20.1 Å². The van der Waals surface area contributed by atoms with Crippen molar-refractivity contribution in [2.75, 3.05) is 4.72 Å². The first-order valence-electron chi connectivity index (χ1n) is 5.67. The van der Waals surface area contributed by atoms with Crippen molar-refractivity contribution in [1.82, 2.24) is 0 Å². The van der Waals surface area contributed by atoms with Crippen molar-refractivity contribution in [3.05, 3.63) is 62.1 Å². The Morgan fingerprint density at radius 2 is 1.52 bits per heavy atom. The topological polar surface area (TPSA) is 46.2 Å². The van der Waals surface area contributed by atoms with Crippen molar-refractivity contribution in [1.29, 1.82) is 0 Å². The average molecular weight is 385 g/mol. The van der Waals surface area contributed by atoms with Crippen molar-refractivity contribution < 1.29 is 8.42 Å². The molecule has 0 unspecified atom stereocenters. The average Bonchev–Trinajstić information content (AvgIpc) is 2.38. The van der Waals surface area contributed by atoms with Gasteiger partial charge in [0.1, 0.15) is 0 Å². The van der Waals surface area contributed by atoms with Gasteiger partial charge in [-0.3, -0.25) is 4.72 Å². The Morgan fingerprint density at radius 1 is 0.905 bits per heavy atom. The molecule has 0 spiro atoms. The van der Waals surface area contributed by atoms with E-state index in [1.165, 1.54) is 12.1 Å². The van der Waals surface area contributed by atoms with Gasteiger partial charge in [0.05, 0.1) is 16.5 Å². The van der Waals surface area contributed by atoms with E-state index in [4.69, 9.17) is 46.4 Å². The molecule has 0 saturated heterocycles. The van der Waals surface area contributed by atoms with E-state index in [1.54, 1.807) is 24.3 Å². The van der Waals surface area contributed by atoms with E-state index in [1.807, 2.05) is 0 Å². The fourth-order valence-corrected chi connectivity index (χ4v) is 3.99. The fraction of sp³-hybridized carbons (Fsp3) is 0.0769. The zero-order valence-electron chi connectivity index (χ0n) is 10.4. The number of anilines is 1. The summed E-state index contributed by atoms with van der Waals surface area (Å²) in [5.74, 6) is -0.367. The van der Waals surface area contributed by atoms with Gasteiger partial charge in [0.2, 0.25) is 10.0 Å². The lowest BCUT2D eigenvalue weighted by Gasteiger charge is -2.11. The monoisotopic (exact) mass is 383 g/mol. The highest BCUT2D eigenvalue weighted by Gasteiger charge is 2.18. The number of rotatable bonds is 4. The summed E-state index contributed by atoms with van der Waals surface area (Å²) < 4.78 is 26.8. The van der Waals surface area contributed by atoms with Crippen molar-refractivity contribution in [3.63, 3.8) is 0 Å². The highest BCUT2D eigenvalue weighted by Crippen LogP contribution is 2.29. The second kappa shape index (κ2) is 6.63. The lowest BCUT2D eigenvalue weighted by atomic mass is 10.2. The molecule has 0 saturated carbocycles. The summed E-state index contributed by atoms with van der Waals surface area (Å²) in [6.07, 6.45) is 0. The molecule has 2 aromatic rings. The van der Waals surface area contributed by atoms with E-state index in [0.717, 1.165) is 0 Å². The number of benzene rings is 2. The van der Waals surface area contributed by atoms with Crippen LogP contribution in [0.4, 0.5) is 5.69 Å². The Kier molecular flexibility index (Phi) is 5.28. The third-order valence-corrected chi connectivity index (χ3v) is 5.06. The van der Waals surface area contributed by atoms with E-state index in [2.05, 4.69) is 4.72 Å². The molecule has 2 aromatic carbocycles. The van der Waals surface area contributed by atoms with Crippen LogP contribution >= 0.6 is 46.4 Å². The van der Waals surface area contributed by atoms with Crippen LogP contribution in [0.3, 0.4) is 0 Å². The maximum absolute atomic E-state index is 12.2. The van der Waals surface area contributed by atoms with Crippen LogP contribution < -0.4 is 4.72 Å². The minimum Gasteiger partial charge on any atom is -0.282 e. The second-order valence-corrected chi connectivity index (χ2v) is 7.57. The fourth-order valence-electron chi connectivity index (χ4n) is 1.64. The van der Waals surface area contributed by atoms with Crippen LogP contribution in [-0.2, 0) is 15.8 Å². The molecule has 0 atom stereocenters. The van der Waals surface area contributed by atoms with Gasteiger partial charge in [-0.2, -0.15) is 0 Å². The van der Waals surface area contributed by atoms with Gasteiger partial charge in [-0.1, -0.05) is 52.5 Å². The van der Waals surface area contributed by atoms with Gasteiger partial charge in [0.25, 0.3) is 0 Å². The summed E-state index contributed by atoms with van der Waals surface area (Å²) in [6.45, 7) is 0. The molecule has 0 heterocycles. The van der Waals surface area contributed by atoms with Crippen molar-refractivity contribution in [2.24, 2.45) is 0 Å². The lowest BCUT2D eigenvalue weighted by Crippen LogP contribution is -2.16. The predicted molar refractivity (Wildman–Crippen MR) is 89.2 cm³/mol. The molecule has 2 rings (SSSR count). The van der Waals surface area contributed by atoms with Crippen molar-refractivity contribution in [3.8, 4) is 0 Å². The van der Waals surface area contributed by atoms with Gasteiger partial charge < -0.3 is 0 Å². The summed E-state index contributed by atoms with van der Waals surface area (Å²) >= 11 is 23.7. The van der Waals surface area contributed by atoms with Gasteiger partial charge in [-0.15, -0.1) is 0 Å². The molecule has 0 aliphatic heterocycles. The zero-order valence-corrected chi connectivity index (χ0v) is 14.2. The summed E-state index contributed by atoms with van der Waals surface area (Å²) in [7, 11) is -3.73. The Hall–Kier alpha value is -0.650. The van der Waals surface area contributed by atoms with Crippen LogP contribution in [0.5, 0.6) is 0 Å². The van der Waals surface area contributed by atoms with E-state index in [-0.39, 0.29) is 26.5 Å². The highest BCUT2D eigenvalue weighted by atomic mass is 35.5. The van der Waals surface area contributed by atoms with Crippen molar-refractivity contribution in [2.45, 2.75) is 5.75 Å². The third-order valence-electron chi connectivity index (χ3n) is 2.59. The Morgan fingerprint density at radius 3 is 2.14 bits per heavy atom. The molecule has 0 amide bonds. The number of sulfonamides is 1. The van der Waals surface area contributed by atoms with Crippen LogP contribution in [0.15, 0.2) is 36.4 Å². The smallest absolute Gasteiger partial charge is 0.237 e. The van der Waals surface area contributed by atoms with Gasteiger partial charge in [0.15, 0.2) is 0 Å². The quantitative estimate of drug-likeness (QED) is 0.783. The maximum Gasteiger partial charge on any atom is 0.237 e. The minimum absolute atomic E-state index is 0.201. The summed E-state index contributed by atoms with van der Waals surface area (Å²) in [4.78, 5) is 0. The maximum atomic E-state index is 12.2. The first-order valence-corrected chi connectivity index (χ1v) is 8.83. The number of nitrogens with one attached hydrogen (secondary N) is 1. The number of halogens is 4. The van der Waals surface area contributed by atoms with Crippen LogP contribution in [0, 0.1) is 0 Å². The van der Waals surface area contributed by atoms with E-state index >= 15 is 0 Å². The van der Waals surface area contributed by atoms with E-state index in [0.29, 0.717) is 10.6 Å². The number of hydrogen-bond donors (Lipinski definition) is 1. The van der Waals surface area contributed by atoms with Gasteiger partial charge >= 0.3 is 0 Å². The Labute approximate surface area is 142 Å². The molecule has 112 valence electrons. The van der Waals surface area contributed by atoms with Crippen LogP contribution in [0.25, 0.3) is 0 Å². The van der Waals surface area contributed by atoms with Gasteiger partial charge in [0, 0.05) is 20.6 Å². The number of hydrogen-bond acceptors (Lipinski definition) is 2. The molecular formula is C13H9Cl4NO2S. The molecular weight excluding hydrogens is 376 g/mol. The van der Waals surface area contributed by atoms with Gasteiger partial charge in [-0.25, -0.2) is 8.42 Å². The molecule has 1 N–H and O–H groups in total. The molecule has 0 radical (unpaired) electrons. The third kappa shape index (κ3) is 4.41. The summed E-state index contributed by atoms with van der Waals surface area (Å²) in [6, 6.07) is 9.28. The normalized spacial score (nSPS) is 11.4. The standard InChI is InChI=1S/C13H9Cl4NO2S/c14-8-4-5-12(17)13(6-8)18-21(19,20)7-9-10(15)2-1-3-11(9)16/h1-6,18H,7H2. The van der Waals surface area contributed by atoms with Gasteiger partial charge in [-0.05, 0) is 30.3 Å². The minimum atomic E-state index is -3.73. The molecule has 21 heavy (non-hydrogen) atoms. The highest BCUT2D eigenvalue weighted by molar-refractivity contribution is 7.91. The Balaban J connectivity index is 2.29. The summed E-state index contributed by atoms with van der Waals surface area (Å²) in [5, 5.41) is 1.18. The second-order valence-electron chi connectivity index (χ2n) is 4.19.